The molecule has 0 heterocycles. The van der Waals surface area contributed by atoms with Gasteiger partial charge in [-0.3, -0.25) is 0 Å². The van der Waals surface area contributed by atoms with E-state index in [0.29, 0.717) is 6.61 Å². The predicted molar refractivity (Wildman–Crippen MR) is 80.9 cm³/mol. The highest BCUT2D eigenvalue weighted by Crippen LogP contribution is 2.31. The van der Waals surface area contributed by atoms with E-state index >= 15 is 0 Å². The summed E-state index contributed by atoms with van der Waals surface area (Å²) in [4.78, 5) is 11.6. The molecule has 0 aliphatic rings. The van der Waals surface area contributed by atoms with Crippen LogP contribution in [0.4, 0.5) is 0 Å². The molecule has 0 aliphatic heterocycles. The summed E-state index contributed by atoms with van der Waals surface area (Å²) in [5, 5.41) is -0.202. The second kappa shape index (κ2) is 7.65. The summed E-state index contributed by atoms with van der Waals surface area (Å²) >= 11 is 11.6. The minimum Gasteiger partial charge on any atom is -0.457 e. The summed E-state index contributed by atoms with van der Waals surface area (Å²) in [6, 6.07) is 2.12. The van der Waals surface area contributed by atoms with Crippen LogP contribution >= 0.6 is 33.9 Å². The maximum Gasteiger partial charge on any atom is 0.340 e. The third kappa shape index (κ3) is 5.30. The Balaban J connectivity index is 3.05. The highest BCUT2D eigenvalue weighted by Gasteiger charge is 2.22. The minimum atomic E-state index is -4.10. The first kappa shape index (κ1) is 18.5. The molecule has 0 spiro atoms. The molecule has 1 atom stereocenters. The zero-order chi connectivity index (χ0) is 16.2. The number of hydrogen-bond acceptors (Lipinski definition) is 5. The average molecular weight is 376 g/mol. The molecule has 1 rings (SSSR count). The van der Waals surface area contributed by atoms with Crippen LogP contribution in [0.1, 0.15) is 24.2 Å². The minimum absolute atomic E-state index is 0.0299. The molecular formula is C12H13Cl3O5S. The van der Waals surface area contributed by atoms with Gasteiger partial charge in [-0.2, -0.15) is 0 Å². The Morgan fingerprint density at radius 3 is 2.43 bits per heavy atom. The summed E-state index contributed by atoms with van der Waals surface area (Å²) in [5.41, 5.74) is -0.136. The summed E-state index contributed by atoms with van der Waals surface area (Å²) in [6.45, 7) is 4.14. The highest BCUT2D eigenvalue weighted by molar-refractivity contribution is 8.13. The van der Waals surface area contributed by atoms with Gasteiger partial charge in [-0.05, 0) is 26.0 Å². The summed E-state index contributed by atoms with van der Waals surface area (Å²) in [6.07, 6.45) is -0.514. The fourth-order valence-electron chi connectivity index (χ4n) is 1.44. The van der Waals surface area contributed by atoms with Gasteiger partial charge in [0.05, 0.1) is 22.2 Å². The van der Waals surface area contributed by atoms with Crippen molar-refractivity contribution in [2.24, 2.45) is 0 Å². The van der Waals surface area contributed by atoms with E-state index in [9.17, 15) is 13.2 Å². The Morgan fingerprint density at radius 2 is 1.90 bits per heavy atom. The molecule has 0 N–H and O–H groups in total. The Bertz CT molecular complexity index is 630. The molecule has 0 aliphatic carbocycles. The van der Waals surface area contributed by atoms with Crippen molar-refractivity contribution in [3.05, 3.63) is 27.7 Å². The summed E-state index contributed by atoms with van der Waals surface area (Å²) in [7, 11) is 1.14. The lowest BCUT2D eigenvalue weighted by Gasteiger charge is -2.14. The standard InChI is InChI=1S/C12H13Cl3O5S/c1-3-19-6-7(2)20-12(16)8-4-11(21(15,17)18)10(14)5-9(8)13/h4-5,7H,3,6H2,1-2H3. The fraction of sp³-hybridized carbons (Fsp3) is 0.417. The van der Waals surface area contributed by atoms with E-state index in [1.54, 1.807) is 6.92 Å². The molecule has 5 nitrogen and oxygen atoms in total. The number of benzene rings is 1. The quantitative estimate of drug-likeness (QED) is 0.562. The molecule has 1 aromatic rings. The molecule has 1 unspecified atom stereocenters. The van der Waals surface area contributed by atoms with Crippen molar-refractivity contribution in [3.8, 4) is 0 Å². The zero-order valence-electron chi connectivity index (χ0n) is 11.2. The van der Waals surface area contributed by atoms with Gasteiger partial charge >= 0.3 is 5.97 Å². The van der Waals surface area contributed by atoms with Gasteiger partial charge in [0.15, 0.2) is 0 Å². The van der Waals surface area contributed by atoms with Gasteiger partial charge in [0.2, 0.25) is 0 Å². The maximum atomic E-state index is 12.0. The van der Waals surface area contributed by atoms with E-state index in [4.69, 9.17) is 43.4 Å². The molecule has 0 radical (unpaired) electrons. The van der Waals surface area contributed by atoms with Crippen molar-refractivity contribution in [1.29, 1.82) is 0 Å². The first-order valence-electron chi connectivity index (χ1n) is 5.89. The van der Waals surface area contributed by atoms with Gasteiger partial charge < -0.3 is 9.47 Å². The van der Waals surface area contributed by atoms with Crippen LogP contribution in [0.25, 0.3) is 0 Å². The molecule has 21 heavy (non-hydrogen) atoms. The van der Waals surface area contributed by atoms with Crippen LogP contribution < -0.4 is 0 Å². The number of esters is 1. The summed E-state index contributed by atoms with van der Waals surface area (Å²) in [5.74, 6) is -0.787. The maximum absolute atomic E-state index is 12.0. The normalized spacial score (nSPS) is 13.0. The van der Waals surface area contributed by atoms with Gasteiger partial charge in [0, 0.05) is 17.3 Å². The molecule has 0 saturated heterocycles. The van der Waals surface area contributed by atoms with Crippen LogP contribution in [-0.4, -0.2) is 33.7 Å². The topological polar surface area (TPSA) is 69.7 Å². The van der Waals surface area contributed by atoms with Gasteiger partial charge in [-0.1, -0.05) is 23.2 Å². The second-order valence-electron chi connectivity index (χ2n) is 4.08. The number of rotatable bonds is 6. The van der Waals surface area contributed by atoms with E-state index in [1.165, 1.54) is 0 Å². The third-order valence-corrected chi connectivity index (χ3v) is 4.47. The second-order valence-corrected chi connectivity index (χ2v) is 7.42. The van der Waals surface area contributed by atoms with Crippen molar-refractivity contribution in [1.82, 2.24) is 0 Å². The SMILES string of the molecule is CCOCC(C)OC(=O)c1cc(S(=O)(=O)Cl)c(Cl)cc1Cl. The van der Waals surface area contributed by atoms with Crippen LogP contribution in [0, 0.1) is 0 Å². The van der Waals surface area contributed by atoms with Crippen molar-refractivity contribution < 1.29 is 22.7 Å². The van der Waals surface area contributed by atoms with E-state index < -0.39 is 26.0 Å². The number of carbonyl (C=O) groups excluding carboxylic acids is 1. The van der Waals surface area contributed by atoms with Gasteiger partial charge in [-0.15, -0.1) is 0 Å². The first-order valence-corrected chi connectivity index (χ1v) is 8.95. The first-order chi connectivity index (χ1) is 9.66. The number of halogens is 3. The largest absolute Gasteiger partial charge is 0.457 e. The fourth-order valence-corrected chi connectivity index (χ4v) is 3.25. The number of carbonyl (C=O) groups is 1. The molecular weight excluding hydrogens is 363 g/mol. The average Bonchev–Trinajstić information content (AvgIpc) is 2.34. The van der Waals surface area contributed by atoms with Gasteiger partial charge in [-0.25, -0.2) is 13.2 Å². The smallest absolute Gasteiger partial charge is 0.340 e. The molecule has 0 bridgehead atoms. The Labute approximate surface area is 137 Å². The molecule has 9 heteroatoms. The van der Waals surface area contributed by atoms with E-state index in [0.717, 1.165) is 12.1 Å². The lowest BCUT2D eigenvalue weighted by molar-refractivity contribution is 0.00439. The predicted octanol–water partition coefficient (Wildman–Crippen LogP) is 3.50. The molecule has 0 aromatic heterocycles. The van der Waals surface area contributed by atoms with Crippen LogP contribution in [0.3, 0.4) is 0 Å². The highest BCUT2D eigenvalue weighted by atomic mass is 35.7. The molecule has 0 amide bonds. The van der Waals surface area contributed by atoms with Crippen LogP contribution in [0.2, 0.25) is 10.0 Å². The number of ether oxygens (including phenoxy) is 2. The molecule has 0 fully saturated rings. The lowest BCUT2D eigenvalue weighted by atomic mass is 10.2. The monoisotopic (exact) mass is 374 g/mol. The van der Waals surface area contributed by atoms with Crippen molar-refractivity contribution >= 4 is 48.9 Å². The Kier molecular flexibility index (Phi) is 6.74. The molecule has 1 aromatic carbocycles. The van der Waals surface area contributed by atoms with Gasteiger partial charge in [0.25, 0.3) is 9.05 Å². The third-order valence-electron chi connectivity index (χ3n) is 2.37. The Morgan fingerprint density at radius 1 is 1.29 bits per heavy atom. The van der Waals surface area contributed by atoms with Crippen molar-refractivity contribution in [3.63, 3.8) is 0 Å². The molecule has 118 valence electrons. The van der Waals surface area contributed by atoms with Crippen molar-refractivity contribution in [2.75, 3.05) is 13.2 Å². The van der Waals surface area contributed by atoms with Crippen LogP contribution in [-0.2, 0) is 18.5 Å². The summed E-state index contributed by atoms with van der Waals surface area (Å²) < 4.78 is 32.9. The number of hydrogen-bond donors (Lipinski definition) is 0. The van der Waals surface area contributed by atoms with Gasteiger partial charge in [0.1, 0.15) is 11.0 Å². The van der Waals surface area contributed by atoms with E-state index in [-0.39, 0.29) is 22.2 Å². The van der Waals surface area contributed by atoms with Crippen molar-refractivity contribution in [2.45, 2.75) is 24.8 Å². The zero-order valence-corrected chi connectivity index (χ0v) is 14.3. The van der Waals surface area contributed by atoms with Crippen LogP contribution in [0.5, 0.6) is 0 Å². The van der Waals surface area contributed by atoms with Crippen LogP contribution in [0.15, 0.2) is 17.0 Å². The lowest BCUT2D eigenvalue weighted by Crippen LogP contribution is -2.21. The Hall–Kier alpha value is -0.530. The van der Waals surface area contributed by atoms with E-state index in [1.807, 2.05) is 6.92 Å². The molecule has 0 saturated carbocycles. The van der Waals surface area contributed by atoms with E-state index in [2.05, 4.69) is 0 Å².